The molecule has 1 heterocycles. The van der Waals surface area contributed by atoms with Gasteiger partial charge in [0.1, 0.15) is 16.5 Å². The average molecular weight is 304 g/mol. The van der Waals surface area contributed by atoms with Crippen molar-refractivity contribution in [2.75, 3.05) is 12.0 Å². The third-order valence-corrected chi connectivity index (χ3v) is 4.23. The number of hydrogen-bond acceptors (Lipinski definition) is 4. The Morgan fingerprint density at radius 3 is 2.47 bits per heavy atom. The van der Waals surface area contributed by atoms with E-state index >= 15 is 0 Å². The van der Waals surface area contributed by atoms with Gasteiger partial charge in [0.05, 0.1) is 11.2 Å². The highest BCUT2D eigenvalue weighted by atomic mass is 35.5. The number of aromatic nitrogens is 2. The van der Waals surface area contributed by atoms with Crippen molar-refractivity contribution in [3.63, 3.8) is 0 Å². The maximum Gasteiger partial charge on any atom is 0.179 e. The number of nitrogen functional groups attached to an aromatic ring is 1. The minimum absolute atomic E-state index is 0.180. The van der Waals surface area contributed by atoms with Crippen LogP contribution in [0, 0.1) is 5.82 Å². The van der Waals surface area contributed by atoms with Crippen LogP contribution in [-0.2, 0) is 16.9 Å². The van der Waals surface area contributed by atoms with Crippen LogP contribution in [0.3, 0.4) is 0 Å². The summed E-state index contributed by atoms with van der Waals surface area (Å²) in [6, 6.07) is 2.43. The predicted molar refractivity (Wildman–Crippen MR) is 71.1 cm³/mol. The third-order valence-electron chi connectivity index (χ3n) is 2.66. The maximum atomic E-state index is 13.9. The van der Waals surface area contributed by atoms with Crippen LogP contribution in [0.15, 0.2) is 23.2 Å². The van der Waals surface area contributed by atoms with Crippen molar-refractivity contribution in [3.05, 3.63) is 29.2 Å². The molecule has 0 unspecified atom stereocenters. The normalized spacial score (nSPS) is 11.8. The summed E-state index contributed by atoms with van der Waals surface area (Å²) in [5, 5.41) is 3.75. The minimum Gasteiger partial charge on any atom is -0.383 e. The van der Waals surface area contributed by atoms with Crippen molar-refractivity contribution < 1.29 is 12.8 Å². The Morgan fingerprint density at radius 1 is 1.42 bits per heavy atom. The summed E-state index contributed by atoms with van der Waals surface area (Å²) in [5.74, 6) is -0.573. The second-order valence-electron chi connectivity index (χ2n) is 4.11. The first-order valence-electron chi connectivity index (χ1n) is 5.18. The Hall–Kier alpha value is -1.60. The lowest BCUT2D eigenvalue weighted by Crippen LogP contribution is -2.03. The molecule has 0 aliphatic carbocycles. The van der Waals surface area contributed by atoms with Crippen molar-refractivity contribution in [2.45, 2.75) is 4.90 Å². The predicted octanol–water partition coefficient (Wildman–Crippen LogP) is 1.87. The average Bonchev–Trinajstić information content (AvgIpc) is 2.56. The van der Waals surface area contributed by atoms with Gasteiger partial charge in [-0.15, -0.1) is 0 Å². The summed E-state index contributed by atoms with van der Waals surface area (Å²) < 4.78 is 38.2. The number of sulfone groups is 1. The van der Waals surface area contributed by atoms with Crippen LogP contribution in [0.4, 0.5) is 10.2 Å². The number of halogens is 2. The number of aryl methyl sites for hydroxylation is 1. The quantitative estimate of drug-likeness (QED) is 0.918. The van der Waals surface area contributed by atoms with Crippen LogP contribution in [0.2, 0.25) is 5.02 Å². The van der Waals surface area contributed by atoms with Gasteiger partial charge in [0, 0.05) is 18.9 Å². The lowest BCUT2D eigenvalue weighted by molar-refractivity contribution is 0.571. The van der Waals surface area contributed by atoms with Crippen LogP contribution in [0.1, 0.15) is 0 Å². The molecule has 0 amide bonds. The Labute approximate surface area is 114 Å². The van der Waals surface area contributed by atoms with Crippen LogP contribution in [-0.4, -0.2) is 24.5 Å². The zero-order valence-corrected chi connectivity index (χ0v) is 11.8. The largest absolute Gasteiger partial charge is 0.383 e. The number of hydrogen-bond donors (Lipinski definition) is 1. The van der Waals surface area contributed by atoms with Gasteiger partial charge in [-0.3, -0.25) is 4.68 Å². The highest BCUT2D eigenvalue weighted by Crippen LogP contribution is 2.33. The van der Waals surface area contributed by atoms with E-state index in [0.717, 1.165) is 12.3 Å². The highest BCUT2D eigenvalue weighted by molar-refractivity contribution is 7.90. The van der Waals surface area contributed by atoms with Gasteiger partial charge >= 0.3 is 0 Å². The van der Waals surface area contributed by atoms with Crippen molar-refractivity contribution in [1.82, 2.24) is 9.78 Å². The number of rotatable bonds is 2. The fourth-order valence-electron chi connectivity index (χ4n) is 1.74. The maximum absolute atomic E-state index is 13.9. The van der Waals surface area contributed by atoms with E-state index in [1.165, 1.54) is 16.9 Å². The molecule has 0 aliphatic heterocycles. The molecule has 0 fully saturated rings. The molecule has 0 spiro atoms. The summed E-state index contributed by atoms with van der Waals surface area (Å²) in [6.07, 6.45) is 2.36. The van der Waals surface area contributed by atoms with E-state index in [9.17, 15) is 12.8 Å². The molecule has 2 N–H and O–H groups in total. The molecule has 5 nitrogen and oxygen atoms in total. The second kappa shape index (κ2) is 4.50. The molecule has 0 bridgehead atoms. The van der Waals surface area contributed by atoms with E-state index in [2.05, 4.69) is 5.10 Å². The Morgan fingerprint density at radius 2 is 2.05 bits per heavy atom. The number of nitrogens with two attached hydrogens (primary N) is 1. The third kappa shape index (κ3) is 2.43. The molecule has 0 radical (unpaired) electrons. The lowest BCUT2D eigenvalue weighted by Gasteiger charge is -2.07. The molecule has 0 saturated heterocycles. The van der Waals surface area contributed by atoms with E-state index in [1.54, 1.807) is 7.05 Å². The molecule has 0 saturated carbocycles. The number of nitrogens with zero attached hydrogens (tertiary/aromatic N) is 2. The van der Waals surface area contributed by atoms with Gasteiger partial charge in [0.25, 0.3) is 0 Å². The van der Waals surface area contributed by atoms with Gasteiger partial charge in [0.2, 0.25) is 0 Å². The molecule has 0 atom stereocenters. The molecule has 1 aromatic heterocycles. The van der Waals surface area contributed by atoms with E-state index in [-0.39, 0.29) is 5.02 Å². The van der Waals surface area contributed by atoms with Gasteiger partial charge < -0.3 is 5.73 Å². The molecule has 19 heavy (non-hydrogen) atoms. The Balaban J connectivity index is 2.68. The van der Waals surface area contributed by atoms with Crippen LogP contribution in [0.25, 0.3) is 11.1 Å². The van der Waals surface area contributed by atoms with E-state index in [4.69, 9.17) is 17.3 Å². The number of anilines is 1. The highest BCUT2D eigenvalue weighted by Gasteiger charge is 2.20. The first kappa shape index (κ1) is 13.8. The second-order valence-corrected chi connectivity index (χ2v) is 6.47. The summed E-state index contributed by atoms with van der Waals surface area (Å²) in [4.78, 5) is -0.514. The monoisotopic (exact) mass is 303 g/mol. The number of benzene rings is 1. The van der Waals surface area contributed by atoms with Crippen molar-refractivity contribution >= 4 is 27.3 Å². The summed E-state index contributed by atoms with van der Waals surface area (Å²) in [5.41, 5.74) is 6.64. The zero-order chi connectivity index (χ0) is 14.4. The first-order chi connectivity index (χ1) is 8.71. The molecule has 0 aliphatic rings. The molecular formula is C11H11ClFN3O2S. The van der Waals surface area contributed by atoms with Crippen LogP contribution < -0.4 is 5.73 Å². The van der Waals surface area contributed by atoms with Gasteiger partial charge in [-0.25, -0.2) is 12.8 Å². The van der Waals surface area contributed by atoms with Crippen molar-refractivity contribution in [3.8, 4) is 11.1 Å². The Bertz CT molecular complexity index is 732. The molecule has 102 valence electrons. The van der Waals surface area contributed by atoms with Crippen LogP contribution >= 0.6 is 11.6 Å². The smallest absolute Gasteiger partial charge is 0.179 e. The minimum atomic E-state index is -3.73. The summed E-state index contributed by atoms with van der Waals surface area (Å²) in [6.45, 7) is 0. The molecule has 1 aromatic carbocycles. The zero-order valence-electron chi connectivity index (χ0n) is 10.2. The van der Waals surface area contributed by atoms with Gasteiger partial charge in [-0.1, -0.05) is 11.6 Å². The fourth-order valence-corrected chi connectivity index (χ4v) is 3.19. The topological polar surface area (TPSA) is 78.0 Å². The summed E-state index contributed by atoms with van der Waals surface area (Å²) >= 11 is 5.84. The fraction of sp³-hybridized carbons (Fsp3) is 0.182. The molecular weight excluding hydrogens is 293 g/mol. The summed E-state index contributed by atoms with van der Waals surface area (Å²) in [7, 11) is -2.09. The Kier molecular flexibility index (Phi) is 3.27. The van der Waals surface area contributed by atoms with Crippen LogP contribution in [0.5, 0.6) is 0 Å². The lowest BCUT2D eigenvalue weighted by atomic mass is 10.1. The van der Waals surface area contributed by atoms with E-state index in [0.29, 0.717) is 16.9 Å². The van der Waals surface area contributed by atoms with Crippen molar-refractivity contribution in [1.29, 1.82) is 0 Å². The molecule has 8 heteroatoms. The van der Waals surface area contributed by atoms with E-state index in [1.807, 2.05) is 0 Å². The molecule has 2 rings (SSSR count). The molecule has 2 aromatic rings. The van der Waals surface area contributed by atoms with Gasteiger partial charge in [0.15, 0.2) is 9.84 Å². The standard InChI is InChI=1S/C11H11ClFN3O2S/c1-16-11(14)7(5-15-16)6-3-8(12)10(9(13)4-6)19(2,17)18/h3-5H,14H2,1-2H3. The first-order valence-corrected chi connectivity index (χ1v) is 7.45. The van der Waals surface area contributed by atoms with E-state index < -0.39 is 20.5 Å². The van der Waals surface area contributed by atoms with Gasteiger partial charge in [-0.2, -0.15) is 5.10 Å². The van der Waals surface area contributed by atoms with Gasteiger partial charge in [-0.05, 0) is 17.7 Å². The van der Waals surface area contributed by atoms with Crippen molar-refractivity contribution in [2.24, 2.45) is 7.05 Å². The SMILES string of the molecule is Cn1ncc(-c2cc(F)c(S(C)(=O)=O)c(Cl)c2)c1N.